The van der Waals surface area contributed by atoms with Gasteiger partial charge < -0.3 is 15.1 Å². The summed E-state index contributed by atoms with van der Waals surface area (Å²) in [7, 11) is 5.63. The average Bonchev–Trinajstić information content (AvgIpc) is 2.67. The highest BCUT2D eigenvalue weighted by Gasteiger charge is 2.11. The number of rotatable bonds is 7. The van der Waals surface area contributed by atoms with Crippen LogP contribution in [0.2, 0.25) is 0 Å². The summed E-state index contributed by atoms with van der Waals surface area (Å²) in [5, 5.41) is 3.14. The highest BCUT2D eigenvalue weighted by molar-refractivity contribution is 14.0. The molecule has 0 unspecified atom stereocenters. The number of nitrogens with zero attached hydrogens (tertiary/aromatic N) is 4. The molecule has 2 rings (SSSR count). The molecule has 0 spiro atoms. The summed E-state index contributed by atoms with van der Waals surface area (Å²) >= 11 is 0. The molecule has 1 heterocycles. The first-order valence-corrected chi connectivity index (χ1v) is 8.69. The van der Waals surface area contributed by atoms with Crippen molar-refractivity contribution in [2.75, 3.05) is 34.2 Å². The van der Waals surface area contributed by atoms with Gasteiger partial charge in [-0.3, -0.25) is 9.78 Å². The number of aromatic nitrogens is 1. The maximum Gasteiger partial charge on any atom is 0.241 e. The first-order chi connectivity index (χ1) is 12.6. The molecule has 1 aromatic carbocycles. The number of pyridine rings is 1. The van der Waals surface area contributed by atoms with Crippen molar-refractivity contribution in [3.05, 3.63) is 66.0 Å². The normalized spacial score (nSPS) is 10.7. The van der Waals surface area contributed by atoms with E-state index in [0.717, 1.165) is 17.7 Å². The van der Waals surface area contributed by atoms with Gasteiger partial charge in [0, 0.05) is 46.0 Å². The molecule has 0 aliphatic heterocycles. The Morgan fingerprint density at radius 1 is 1.07 bits per heavy atom. The van der Waals surface area contributed by atoms with Crippen molar-refractivity contribution in [3.8, 4) is 0 Å². The Labute approximate surface area is 178 Å². The maximum atomic E-state index is 12.3. The molecule has 0 aliphatic rings. The van der Waals surface area contributed by atoms with Gasteiger partial charge in [0.05, 0.1) is 13.1 Å². The Morgan fingerprint density at radius 3 is 2.41 bits per heavy atom. The van der Waals surface area contributed by atoms with E-state index in [2.05, 4.69) is 15.3 Å². The summed E-state index contributed by atoms with van der Waals surface area (Å²) in [4.78, 5) is 24.8. The van der Waals surface area contributed by atoms with E-state index < -0.39 is 0 Å². The van der Waals surface area contributed by atoms with E-state index in [1.54, 1.807) is 11.1 Å². The summed E-state index contributed by atoms with van der Waals surface area (Å²) in [6.45, 7) is 1.42. The third-order valence-electron chi connectivity index (χ3n) is 3.93. The monoisotopic (exact) mass is 481 g/mol. The zero-order valence-electron chi connectivity index (χ0n) is 16.1. The number of benzene rings is 1. The van der Waals surface area contributed by atoms with Crippen LogP contribution in [-0.4, -0.2) is 60.9 Å². The zero-order valence-corrected chi connectivity index (χ0v) is 18.5. The van der Waals surface area contributed by atoms with Crippen LogP contribution >= 0.6 is 24.0 Å². The van der Waals surface area contributed by atoms with Gasteiger partial charge in [-0.1, -0.05) is 36.4 Å². The molecule has 0 saturated heterocycles. The topological polar surface area (TPSA) is 60.8 Å². The lowest BCUT2D eigenvalue weighted by atomic mass is 10.2. The summed E-state index contributed by atoms with van der Waals surface area (Å²) in [6.07, 6.45) is 2.51. The smallest absolute Gasteiger partial charge is 0.241 e. The van der Waals surface area contributed by atoms with Crippen LogP contribution in [0.1, 0.15) is 11.3 Å². The van der Waals surface area contributed by atoms with Gasteiger partial charge in [0.1, 0.15) is 0 Å². The van der Waals surface area contributed by atoms with Crippen LogP contribution in [0.3, 0.4) is 0 Å². The van der Waals surface area contributed by atoms with Crippen molar-refractivity contribution in [1.82, 2.24) is 20.1 Å². The van der Waals surface area contributed by atoms with E-state index in [1.807, 2.05) is 74.6 Å². The number of carbonyl (C=O) groups is 1. The van der Waals surface area contributed by atoms with E-state index in [0.29, 0.717) is 19.0 Å². The molecule has 2 aromatic rings. The molecular formula is C20H28IN5O. The van der Waals surface area contributed by atoms with Gasteiger partial charge in [0.15, 0.2) is 5.96 Å². The van der Waals surface area contributed by atoms with E-state index in [4.69, 9.17) is 0 Å². The average molecular weight is 481 g/mol. The number of nitrogens with one attached hydrogen (secondary N) is 1. The Balaban J connectivity index is 0.00000364. The predicted octanol–water partition coefficient (Wildman–Crippen LogP) is 2.41. The summed E-state index contributed by atoms with van der Waals surface area (Å²) in [6, 6.07) is 15.9. The number of amides is 1. The SMILES string of the molecule is CN(C)C(=NCc1ccccc1)NCC(=O)N(C)CCc1ccccn1.I. The van der Waals surface area contributed by atoms with Crippen LogP contribution in [0.5, 0.6) is 0 Å². The molecule has 0 atom stereocenters. The second kappa shape index (κ2) is 12.3. The van der Waals surface area contributed by atoms with Crippen LogP contribution in [0.15, 0.2) is 59.7 Å². The Morgan fingerprint density at radius 2 is 1.78 bits per heavy atom. The lowest BCUT2D eigenvalue weighted by Gasteiger charge is -2.21. The van der Waals surface area contributed by atoms with Crippen LogP contribution in [0, 0.1) is 0 Å². The fraction of sp³-hybridized carbons (Fsp3) is 0.350. The van der Waals surface area contributed by atoms with E-state index >= 15 is 0 Å². The van der Waals surface area contributed by atoms with Crippen molar-refractivity contribution in [2.45, 2.75) is 13.0 Å². The number of hydrogen-bond donors (Lipinski definition) is 1. The second-order valence-corrected chi connectivity index (χ2v) is 6.26. The third-order valence-corrected chi connectivity index (χ3v) is 3.93. The fourth-order valence-corrected chi connectivity index (χ4v) is 2.35. The molecule has 146 valence electrons. The summed E-state index contributed by atoms with van der Waals surface area (Å²) < 4.78 is 0. The Bertz CT molecular complexity index is 707. The van der Waals surface area contributed by atoms with E-state index in [-0.39, 0.29) is 36.4 Å². The molecule has 0 radical (unpaired) electrons. The van der Waals surface area contributed by atoms with Gasteiger partial charge in [-0.05, 0) is 17.7 Å². The predicted molar refractivity (Wildman–Crippen MR) is 120 cm³/mol. The van der Waals surface area contributed by atoms with Crippen LogP contribution < -0.4 is 5.32 Å². The van der Waals surface area contributed by atoms with Gasteiger partial charge in [-0.2, -0.15) is 0 Å². The molecule has 0 bridgehead atoms. The van der Waals surface area contributed by atoms with Crippen molar-refractivity contribution >= 4 is 35.8 Å². The lowest BCUT2D eigenvalue weighted by molar-refractivity contribution is -0.128. The van der Waals surface area contributed by atoms with Gasteiger partial charge >= 0.3 is 0 Å². The first kappa shape index (κ1) is 22.9. The van der Waals surface area contributed by atoms with E-state index in [1.165, 1.54) is 0 Å². The maximum absolute atomic E-state index is 12.3. The number of carbonyl (C=O) groups excluding carboxylic acids is 1. The molecule has 7 heteroatoms. The summed E-state index contributed by atoms with van der Waals surface area (Å²) in [5.74, 6) is 0.718. The Hall–Kier alpha value is -2.16. The molecule has 0 fully saturated rings. The molecule has 1 N–H and O–H groups in total. The number of guanidine groups is 1. The highest BCUT2D eigenvalue weighted by Crippen LogP contribution is 2.01. The molecule has 0 saturated carbocycles. The van der Waals surface area contributed by atoms with Crippen molar-refractivity contribution < 1.29 is 4.79 Å². The minimum absolute atomic E-state index is 0. The van der Waals surface area contributed by atoms with Gasteiger partial charge in [-0.15, -0.1) is 24.0 Å². The molecule has 27 heavy (non-hydrogen) atoms. The quantitative estimate of drug-likeness (QED) is 0.375. The minimum atomic E-state index is 0. The number of aliphatic imine (C=N–C) groups is 1. The van der Waals surface area contributed by atoms with Crippen molar-refractivity contribution in [2.24, 2.45) is 4.99 Å². The minimum Gasteiger partial charge on any atom is -0.349 e. The van der Waals surface area contributed by atoms with Gasteiger partial charge in [0.2, 0.25) is 5.91 Å². The number of halogens is 1. The zero-order chi connectivity index (χ0) is 18.8. The van der Waals surface area contributed by atoms with E-state index in [9.17, 15) is 4.79 Å². The van der Waals surface area contributed by atoms with Gasteiger partial charge in [0.25, 0.3) is 0 Å². The van der Waals surface area contributed by atoms with Crippen LogP contribution in [-0.2, 0) is 17.8 Å². The molecule has 1 amide bonds. The van der Waals surface area contributed by atoms with Crippen molar-refractivity contribution in [1.29, 1.82) is 0 Å². The first-order valence-electron chi connectivity index (χ1n) is 8.69. The number of likely N-dealkylation sites (N-methyl/N-ethyl adjacent to an activating group) is 1. The van der Waals surface area contributed by atoms with Gasteiger partial charge in [-0.25, -0.2) is 4.99 Å². The highest BCUT2D eigenvalue weighted by atomic mass is 127. The summed E-state index contributed by atoms with van der Waals surface area (Å²) in [5.41, 5.74) is 2.12. The molecule has 6 nitrogen and oxygen atoms in total. The van der Waals surface area contributed by atoms with Crippen LogP contribution in [0.25, 0.3) is 0 Å². The molecule has 1 aromatic heterocycles. The largest absolute Gasteiger partial charge is 0.349 e. The Kier molecular flexibility index (Phi) is 10.4. The number of hydrogen-bond acceptors (Lipinski definition) is 3. The van der Waals surface area contributed by atoms with Crippen molar-refractivity contribution in [3.63, 3.8) is 0 Å². The van der Waals surface area contributed by atoms with Crippen LogP contribution in [0.4, 0.5) is 0 Å². The third kappa shape index (κ3) is 8.38. The molecular weight excluding hydrogens is 453 g/mol. The second-order valence-electron chi connectivity index (χ2n) is 6.26. The molecule has 0 aliphatic carbocycles. The lowest BCUT2D eigenvalue weighted by Crippen LogP contribution is -2.43. The fourth-order valence-electron chi connectivity index (χ4n) is 2.35. The standard InChI is InChI=1S/C20H27N5O.HI/c1-24(2)20(22-15-17-9-5-4-6-10-17)23-16-19(26)25(3)14-12-18-11-7-8-13-21-18;/h4-11,13H,12,14-16H2,1-3H3,(H,22,23);1H.